The molecule has 5 aromatic rings. The maximum absolute atomic E-state index is 11.8. The topological polar surface area (TPSA) is 114 Å². The summed E-state index contributed by atoms with van der Waals surface area (Å²) in [6.07, 6.45) is 13.3. The maximum Gasteiger partial charge on any atom is 0.234 e. The fourth-order valence-corrected chi connectivity index (χ4v) is 4.52. The average molecular weight is 558 g/mol. The number of aryl methyl sites for hydroxylation is 1. The minimum atomic E-state index is 0.0296. The lowest BCUT2D eigenvalue weighted by Gasteiger charge is -2.08. The molecule has 0 aliphatic carbocycles. The van der Waals surface area contributed by atoms with Gasteiger partial charge in [0.2, 0.25) is 11.9 Å². The van der Waals surface area contributed by atoms with Crippen LogP contribution >= 0.6 is 11.6 Å². The zero-order chi connectivity index (χ0) is 27.7. The van der Waals surface area contributed by atoms with Gasteiger partial charge in [0.05, 0.1) is 35.0 Å². The summed E-state index contributed by atoms with van der Waals surface area (Å²) in [5, 5.41) is 8.09. The molecule has 40 heavy (non-hydrogen) atoms. The number of unbranched alkanes of at least 4 members (excludes halogenated alkanes) is 2. The van der Waals surface area contributed by atoms with E-state index in [1.807, 2.05) is 45.7 Å². The smallest absolute Gasteiger partial charge is 0.234 e. The minimum Gasteiger partial charge on any atom is -0.321 e. The van der Waals surface area contributed by atoms with Crippen molar-refractivity contribution in [3.63, 3.8) is 0 Å². The lowest BCUT2D eigenvalue weighted by atomic mass is 10.1. The molecule has 11 heteroatoms. The largest absolute Gasteiger partial charge is 0.321 e. The van der Waals surface area contributed by atoms with E-state index >= 15 is 0 Å². The number of fused-ring (bicyclic) bond motifs is 1. The summed E-state index contributed by atoms with van der Waals surface area (Å²) in [5.41, 5.74) is 10.7. The molecule has 206 valence electrons. The monoisotopic (exact) mass is 557 g/mol. The standard InChI is InChI=1S/C29H32ClN9O/c1-2-14-33-37-27(40)11-7-4-8-15-38-20-23(16-34-38)35-29-32-17-24(30)28(36-29)25-18-31-26-13-12-22(19-39(25)26)21-9-5-3-6-10-21/h3,5-6,9-10,12-13,16-20,33H,2,4,7-8,11,14-15H2,1H3,(H,37,40)(H,32,35,36). The Hall–Kier alpha value is -4.28. The normalized spacial score (nSPS) is 11.2. The van der Waals surface area contributed by atoms with Crippen LogP contribution in [0.1, 0.15) is 39.0 Å². The molecular weight excluding hydrogens is 526 g/mol. The van der Waals surface area contributed by atoms with Gasteiger partial charge in [-0.15, -0.1) is 0 Å². The molecule has 0 saturated carbocycles. The second kappa shape index (κ2) is 13.2. The summed E-state index contributed by atoms with van der Waals surface area (Å²) in [6.45, 7) is 3.59. The molecule has 0 bridgehead atoms. The molecule has 0 fully saturated rings. The minimum absolute atomic E-state index is 0.0296. The zero-order valence-corrected chi connectivity index (χ0v) is 23.1. The highest BCUT2D eigenvalue weighted by atomic mass is 35.5. The maximum atomic E-state index is 11.8. The number of imidazole rings is 1. The lowest BCUT2D eigenvalue weighted by Crippen LogP contribution is -2.37. The predicted octanol–water partition coefficient (Wildman–Crippen LogP) is 5.64. The van der Waals surface area contributed by atoms with Crippen LogP contribution in [-0.2, 0) is 11.3 Å². The lowest BCUT2D eigenvalue weighted by molar-refractivity contribution is -0.122. The van der Waals surface area contributed by atoms with Gasteiger partial charge in [0.1, 0.15) is 11.3 Å². The Morgan fingerprint density at radius 3 is 2.67 bits per heavy atom. The van der Waals surface area contributed by atoms with Gasteiger partial charge < -0.3 is 5.32 Å². The van der Waals surface area contributed by atoms with Crippen LogP contribution in [0.3, 0.4) is 0 Å². The van der Waals surface area contributed by atoms with Crippen molar-refractivity contribution in [2.24, 2.45) is 0 Å². The van der Waals surface area contributed by atoms with Gasteiger partial charge in [-0.3, -0.25) is 19.3 Å². The first-order chi connectivity index (χ1) is 19.6. The summed E-state index contributed by atoms with van der Waals surface area (Å²) in [6, 6.07) is 14.2. The van der Waals surface area contributed by atoms with Gasteiger partial charge >= 0.3 is 0 Å². The van der Waals surface area contributed by atoms with Crippen LogP contribution in [0.25, 0.3) is 28.2 Å². The number of rotatable bonds is 13. The van der Waals surface area contributed by atoms with Crippen LogP contribution in [0.4, 0.5) is 11.6 Å². The van der Waals surface area contributed by atoms with Crippen molar-refractivity contribution in [1.29, 1.82) is 0 Å². The second-order valence-corrected chi connectivity index (χ2v) is 9.86. The van der Waals surface area contributed by atoms with Crippen molar-refractivity contribution < 1.29 is 4.79 Å². The van der Waals surface area contributed by atoms with Gasteiger partial charge in [0.25, 0.3) is 0 Å². The van der Waals surface area contributed by atoms with Crippen molar-refractivity contribution in [3.8, 4) is 22.5 Å². The highest BCUT2D eigenvalue weighted by Gasteiger charge is 2.14. The molecule has 0 aliphatic heterocycles. The van der Waals surface area contributed by atoms with Crippen molar-refractivity contribution in [2.75, 3.05) is 11.9 Å². The molecule has 0 radical (unpaired) electrons. The molecule has 3 N–H and O–H groups in total. The number of hydrogen-bond donors (Lipinski definition) is 3. The van der Waals surface area contributed by atoms with Gasteiger partial charge in [-0.05, 0) is 42.5 Å². The number of aromatic nitrogens is 6. The van der Waals surface area contributed by atoms with Crippen molar-refractivity contribution >= 4 is 34.8 Å². The first-order valence-electron chi connectivity index (χ1n) is 13.5. The van der Waals surface area contributed by atoms with E-state index in [2.05, 4.69) is 56.4 Å². The van der Waals surface area contributed by atoms with E-state index in [0.717, 1.165) is 66.9 Å². The number of hydrazine groups is 1. The molecular formula is C29H32ClN9O. The number of nitrogens with one attached hydrogen (secondary N) is 3. The molecule has 0 unspecified atom stereocenters. The third-order valence-corrected chi connectivity index (χ3v) is 6.66. The van der Waals surface area contributed by atoms with Gasteiger partial charge in [-0.1, -0.05) is 55.3 Å². The Kier molecular flexibility index (Phi) is 9.00. The summed E-state index contributed by atoms with van der Waals surface area (Å²) in [7, 11) is 0. The van der Waals surface area contributed by atoms with Gasteiger partial charge in [0, 0.05) is 31.9 Å². The van der Waals surface area contributed by atoms with Crippen LogP contribution in [0.5, 0.6) is 0 Å². The van der Waals surface area contributed by atoms with Crippen LogP contribution in [0.2, 0.25) is 5.02 Å². The third-order valence-electron chi connectivity index (χ3n) is 6.38. The zero-order valence-electron chi connectivity index (χ0n) is 22.3. The first-order valence-corrected chi connectivity index (χ1v) is 13.8. The number of halogens is 1. The Balaban J connectivity index is 1.21. The van der Waals surface area contributed by atoms with E-state index in [1.165, 1.54) is 0 Å². The number of benzene rings is 1. The molecule has 0 aliphatic rings. The Labute approximate surface area is 237 Å². The fourth-order valence-electron chi connectivity index (χ4n) is 4.33. The molecule has 10 nitrogen and oxygen atoms in total. The first kappa shape index (κ1) is 27.3. The molecule has 1 aromatic carbocycles. The molecule has 1 amide bonds. The van der Waals surface area contributed by atoms with Gasteiger partial charge in [0.15, 0.2) is 0 Å². The highest BCUT2D eigenvalue weighted by Crippen LogP contribution is 2.29. The van der Waals surface area contributed by atoms with Crippen molar-refractivity contribution in [2.45, 2.75) is 45.6 Å². The molecule has 0 spiro atoms. The van der Waals surface area contributed by atoms with Gasteiger partial charge in [-0.25, -0.2) is 20.4 Å². The van der Waals surface area contributed by atoms with E-state index in [0.29, 0.717) is 23.1 Å². The van der Waals surface area contributed by atoms with E-state index in [9.17, 15) is 4.79 Å². The molecule has 4 heterocycles. The summed E-state index contributed by atoms with van der Waals surface area (Å²) in [5.74, 6) is 0.442. The Morgan fingerprint density at radius 1 is 0.950 bits per heavy atom. The number of carbonyl (C=O) groups is 1. The number of anilines is 2. The SMILES string of the molecule is CCCNNC(=O)CCCCCn1cc(Nc2ncc(Cl)c(-c3cnc4ccc(-c5ccccc5)cn34)n2)cn1. The molecule has 4 aromatic heterocycles. The summed E-state index contributed by atoms with van der Waals surface area (Å²) >= 11 is 6.55. The molecule has 0 saturated heterocycles. The predicted molar refractivity (Wildman–Crippen MR) is 157 cm³/mol. The van der Waals surface area contributed by atoms with Gasteiger partial charge in [-0.2, -0.15) is 5.10 Å². The fraction of sp³-hybridized carbons (Fsp3) is 0.276. The van der Waals surface area contributed by atoms with Crippen LogP contribution in [-0.4, -0.2) is 41.6 Å². The number of amides is 1. The number of hydrogen-bond acceptors (Lipinski definition) is 7. The summed E-state index contributed by atoms with van der Waals surface area (Å²) < 4.78 is 3.86. The van der Waals surface area contributed by atoms with E-state index < -0.39 is 0 Å². The second-order valence-electron chi connectivity index (χ2n) is 9.45. The third kappa shape index (κ3) is 6.83. The van der Waals surface area contributed by atoms with E-state index in [4.69, 9.17) is 16.6 Å². The van der Waals surface area contributed by atoms with E-state index in [-0.39, 0.29) is 5.91 Å². The van der Waals surface area contributed by atoms with Crippen molar-refractivity contribution in [1.82, 2.24) is 40.0 Å². The van der Waals surface area contributed by atoms with Crippen LogP contribution in [0.15, 0.2) is 73.4 Å². The van der Waals surface area contributed by atoms with E-state index in [1.54, 1.807) is 18.6 Å². The summed E-state index contributed by atoms with van der Waals surface area (Å²) in [4.78, 5) is 25.4. The molecule has 0 atom stereocenters. The average Bonchev–Trinajstić information content (AvgIpc) is 3.61. The van der Waals surface area contributed by atoms with Crippen molar-refractivity contribution in [3.05, 3.63) is 78.5 Å². The molecule has 5 rings (SSSR count). The quantitative estimate of drug-likeness (QED) is 0.127. The van der Waals surface area contributed by atoms with Crippen LogP contribution < -0.4 is 16.2 Å². The number of pyridine rings is 1. The number of nitrogens with zero attached hydrogens (tertiary/aromatic N) is 6. The number of carbonyl (C=O) groups excluding carboxylic acids is 1. The Bertz CT molecular complexity index is 1560. The van der Waals surface area contributed by atoms with Crippen LogP contribution in [0, 0.1) is 0 Å². The Morgan fingerprint density at radius 2 is 1.82 bits per heavy atom. The highest BCUT2D eigenvalue weighted by molar-refractivity contribution is 6.32.